The number of nitrogens with zero attached hydrogens (tertiary/aromatic N) is 3. The van der Waals surface area contributed by atoms with Crippen LogP contribution in [-0.2, 0) is 0 Å². The average molecular weight is 219 g/mol. The van der Waals surface area contributed by atoms with Crippen LogP contribution >= 0.6 is 0 Å². The summed E-state index contributed by atoms with van der Waals surface area (Å²) in [6.45, 7) is 0. The van der Waals surface area contributed by atoms with Crippen molar-refractivity contribution in [2.24, 2.45) is 0 Å². The van der Waals surface area contributed by atoms with Crippen molar-refractivity contribution < 1.29 is 4.74 Å². The second-order valence-corrected chi connectivity index (χ2v) is 4.81. The van der Waals surface area contributed by atoms with E-state index in [1.807, 2.05) is 0 Å². The Morgan fingerprint density at radius 3 is 2.62 bits per heavy atom. The predicted octanol–water partition coefficient (Wildman–Crippen LogP) is 1.48. The Hall–Kier alpha value is -1.16. The van der Waals surface area contributed by atoms with Crippen molar-refractivity contribution >= 4 is 0 Å². The van der Waals surface area contributed by atoms with E-state index in [0.717, 1.165) is 12.8 Å². The van der Waals surface area contributed by atoms with Crippen molar-refractivity contribution in [1.29, 1.82) is 0 Å². The summed E-state index contributed by atoms with van der Waals surface area (Å²) in [5.74, 6) is 0.663. The molecule has 86 valence electrons. The van der Waals surface area contributed by atoms with Gasteiger partial charge in [-0.2, -0.15) is 0 Å². The van der Waals surface area contributed by atoms with E-state index in [-0.39, 0.29) is 0 Å². The maximum Gasteiger partial charge on any atom is 0.232 e. The number of rotatable bonds is 2. The lowest BCUT2D eigenvalue weighted by atomic mass is 10.0. The molecule has 2 saturated heterocycles. The zero-order valence-corrected chi connectivity index (χ0v) is 9.54. The van der Waals surface area contributed by atoms with Gasteiger partial charge >= 0.3 is 0 Å². The van der Waals surface area contributed by atoms with Gasteiger partial charge in [-0.1, -0.05) is 0 Å². The van der Waals surface area contributed by atoms with Crippen molar-refractivity contribution in [3.63, 3.8) is 0 Å². The van der Waals surface area contributed by atoms with E-state index < -0.39 is 0 Å². The molecule has 4 nitrogen and oxygen atoms in total. The van der Waals surface area contributed by atoms with Gasteiger partial charge in [-0.05, 0) is 32.7 Å². The van der Waals surface area contributed by atoms with Crippen LogP contribution < -0.4 is 4.74 Å². The van der Waals surface area contributed by atoms with Crippen molar-refractivity contribution in [3.05, 3.63) is 18.6 Å². The fraction of sp³-hybridized carbons (Fsp3) is 0.667. The zero-order chi connectivity index (χ0) is 11.0. The molecule has 0 N–H and O–H groups in total. The molecule has 3 atom stereocenters. The minimum absolute atomic E-state index is 0.324. The van der Waals surface area contributed by atoms with Gasteiger partial charge in [0.1, 0.15) is 6.10 Å². The molecule has 0 amide bonds. The third-order valence-corrected chi connectivity index (χ3v) is 3.88. The summed E-state index contributed by atoms with van der Waals surface area (Å²) in [4.78, 5) is 10.7. The Labute approximate surface area is 95.7 Å². The number of ether oxygens (including phenoxy) is 1. The van der Waals surface area contributed by atoms with Crippen molar-refractivity contribution in [2.45, 2.75) is 43.9 Å². The first-order valence-electron chi connectivity index (χ1n) is 5.97. The van der Waals surface area contributed by atoms with Crippen LogP contribution in [0.1, 0.15) is 25.7 Å². The van der Waals surface area contributed by atoms with Crippen molar-refractivity contribution in [1.82, 2.24) is 14.9 Å². The fourth-order valence-corrected chi connectivity index (χ4v) is 2.97. The van der Waals surface area contributed by atoms with Gasteiger partial charge in [-0.25, -0.2) is 4.98 Å². The summed E-state index contributed by atoms with van der Waals surface area (Å²) in [6, 6.07) is 1.42. The second-order valence-electron chi connectivity index (χ2n) is 4.81. The van der Waals surface area contributed by atoms with E-state index in [4.69, 9.17) is 4.74 Å². The van der Waals surface area contributed by atoms with Crippen LogP contribution in [0.2, 0.25) is 0 Å². The van der Waals surface area contributed by atoms with Crippen LogP contribution in [0, 0.1) is 0 Å². The summed E-state index contributed by atoms with van der Waals surface area (Å²) in [6.07, 6.45) is 10.3. The molecular formula is C12H17N3O. The molecule has 2 fully saturated rings. The minimum Gasteiger partial charge on any atom is -0.473 e. The lowest BCUT2D eigenvalue weighted by molar-refractivity contribution is 0.0630. The molecule has 0 unspecified atom stereocenters. The summed E-state index contributed by atoms with van der Waals surface area (Å²) in [5.41, 5.74) is 0. The summed E-state index contributed by atoms with van der Waals surface area (Å²) >= 11 is 0. The third-order valence-electron chi connectivity index (χ3n) is 3.88. The Morgan fingerprint density at radius 2 is 2.00 bits per heavy atom. The van der Waals surface area contributed by atoms with Gasteiger partial charge in [-0.3, -0.25) is 4.98 Å². The number of hydrogen-bond donors (Lipinski definition) is 0. The van der Waals surface area contributed by atoms with Gasteiger partial charge in [0.15, 0.2) is 0 Å². The first kappa shape index (κ1) is 10.0. The maximum absolute atomic E-state index is 5.88. The van der Waals surface area contributed by atoms with Gasteiger partial charge in [0.2, 0.25) is 5.88 Å². The molecule has 1 aromatic rings. The van der Waals surface area contributed by atoms with E-state index >= 15 is 0 Å². The highest BCUT2D eigenvalue weighted by Crippen LogP contribution is 2.35. The molecule has 0 radical (unpaired) electrons. The highest BCUT2D eigenvalue weighted by Gasteiger charge is 2.39. The number of aromatic nitrogens is 2. The van der Waals surface area contributed by atoms with Gasteiger partial charge in [-0.15, -0.1) is 0 Å². The predicted molar refractivity (Wildman–Crippen MR) is 60.3 cm³/mol. The molecular weight excluding hydrogens is 202 g/mol. The highest BCUT2D eigenvalue weighted by molar-refractivity contribution is 5.04. The monoisotopic (exact) mass is 219 g/mol. The maximum atomic E-state index is 5.88. The Morgan fingerprint density at radius 1 is 1.25 bits per heavy atom. The van der Waals surface area contributed by atoms with Crippen LogP contribution in [0.3, 0.4) is 0 Å². The summed E-state index contributed by atoms with van der Waals surface area (Å²) in [5, 5.41) is 0. The minimum atomic E-state index is 0.324. The standard InChI is InChI=1S/C12H17N3O/c1-15-9-2-3-10(15)7-11(6-9)16-12-8-13-4-5-14-12/h4-5,8-11H,2-3,6-7H2,1H3/t9-,10+,11+. The van der Waals surface area contributed by atoms with Crippen molar-refractivity contribution in [3.8, 4) is 5.88 Å². The molecule has 2 aliphatic heterocycles. The molecule has 0 aliphatic carbocycles. The molecule has 1 aromatic heterocycles. The van der Waals surface area contributed by atoms with E-state index in [1.165, 1.54) is 12.8 Å². The largest absolute Gasteiger partial charge is 0.473 e. The van der Waals surface area contributed by atoms with Crippen molar-refractivity contribution in [2.75, 3.05) is 7.05 Å². The molecule has 0 spiro atoms. The Balaban J connectivity index is 1.66. The van der Waals surface area contributed by atoms with Gasteiger partial charge in [0.05, 0.1) is 6.20 Å². The fourth-order valence-electron chi connectivity index (χ4n) is 2.97. The quantitative estimate of drug-likeness (QED) is 0.755. The van der Waals surface area contributed by atoms with Crippen LogP contribution in [-0.4, -0.2) is 40.1 Å². The molecule has 3 heterocycles. The van der Waals surface area contributed by atoms with Crippen LogP contribution in [0.5, 0.6) is 5.88 Å². The topological polar surface area (TPSA) is 38.2 Å². The van der Waals surface area contributed by atoms with Crippen LogP contribution in [0.25, 0.3) is 0 Å². The molecule has 0 aromatic carbocycles. The lowest BCUT2D eigenvalue weighted by Crippen LogP contribution is -2.43. The van der Waals surface area contributed by atoms with E-state index in [2.05, 4.69) is 21.9 Å². The lowest BCUT2D eigenvalue weighted by Gasteiger charge is -2.35. The first-order chi connectivity index (χ1) is 7.83. The van der Waals surface area contributed by atoms with E-state index in [0.29, 0.717) is 24.1 Å². The smallest absolute Gasteiger partial charge is 0.232 e. The van der Waals surface area contributed by atoms with E-state index in [9.17, 15) is 0 Å². The molecule has 4 heteroatoms. The SMILES string of the molecule is CN1[C@@H]2CC[C@H]1C[C@@H](Oc1cnccn1)C2. The van der Waals surface area contributed by atoms with Crippen LogP contribution in [0.15, 0.2) is 18.6 Å². The van der Waals surface area contributed by atoms with Gasteiger partial charge in [0.25, 0.3) is 0 Å². The zero-order valence-electron chi connectivity index (χ0n) is 9.54. The summed E-state index contributed by atoms with van der Waals surface area (Å²) in [7, 11) is 2.24. The second kappa shape index (κ2) is 4.01. The van der Waals surface area contributed by atoms with Gasteiger partial charge < -0.3 is 9.64 Å². The Bertz CT molecular complexity index is 343. The first-order valence-corrected chi connectivity index (χ1v) is 5.97. The molecule has 16 heavy (non-hydrogen) atoms. The molecule has 2 aliphatic rings. The normalized spacial score (nSPS) is 33.9. The number of fused-ring (bicyclic) bond motifs is 2. The summed E-state index contributed by atoms with van der Waals surface area (Å²) < 4.78 is 5.88. The number of hydrogen-bond acceptors (Lipinski definition) is 4. The third kappa shape index (κ3) is 1.78. The molecule has 3 rings (SSSR count). The Kier molecular flexibility index (Phi) is 2.52. The van der Waals surface area contributed by atoms with Gasteiger partial charge in [0, 0.05) is 24.5 Å². The number of piperidine rings is 1. The average Bonchev–Trinajstić information content (AvgIpc) is 2.54. The van der Waals surface area contributed by atoms with E-state index in [1.54, 1.807) is 18.6 Å². The molecule has 2 bridgehead atoms. The molecule has 0 saturated carbocycles. The highest BCUT2D eigenvalue weighted by atomic mass is 16.5. The van der Waals surface area contributed by atoms with Crippen LogP contribution in [0.4, 0.5) is 0 Å².